The van der Waals surface area contributed by atoms with Gasteiger partial charge in [0.25, 0.3) is 5.69 Å². The first-order valence-corrected chi connectivity index (χ1v) is 5.68. The average molecular weight is 273 g/mol. The summed E-state index contributed by atoms with van der Waals surface area (Å²) in [5, 5.41) is 10.5. The number of aromatic nitrogens is 2. The predicted molar refractivity (Wildman–Crippen MR) is 68.3 cm³/mol. The molecule has 0 N–H and O–H groups in total. The van der Waals surface area contributed by atoms with Crippen LogP contribution in [0.4, 0.5) is 10.1 Å². The third kappa shape index (κ3) is 2.05. The molecule has 6 nitrogen and oxygen atoms in total. The summed E-state index contributed by atoms with van der Waals surface area (Å²) in [5.74, 6) is -0.523. The first-order valence-electron chi connectivity index (χ1n) is 5.68. The summed E-state index contributed by atoms with van der Waals surface area (Å²) in [4.78, 5) is 14.0. The topological polar surface area (TPSA) is 69.7 Å². The van der Waals surface area contributed by atoms with Crippen molar-refractivity contribution in [3.05, 3.63) is 64.9 Å². The molecular weight excluding hydrogens is 265 g/mol. The van der Waals surface area contributed by atoms with E-state index in [1.165, 1.54) is 12.1 Å². The van der Waals surface area contributed by atoms with Crippen LogP contribution in [0.3, 0.4) is 0 Å². The summed E-state index contributed by atoms with van der Waals surface area (Å²) in [6, 6.07) is 6.60. The Hall–Kier alpha value is -2.96. The fourth-order valence-electron chi connectivity index (χ4n) is 1.81. The van der Waals surface area contributed by atoms with Gasteiger partial charge in [0.2, 0.25) is 0 Å². The van der Waals surface area contributed by atoms with Crippen molar-refractivity contribution in [3.63, 3.8) is 0 Å². The molecule has 0 aliphatic carbocycles. The Bertz CT molecular complexity index is 800. The average Bonchev–Trinajstić information content (AvgIpc) is 2.90. The SMILES string of the molecule is O=[N+]([O-])c1ccc(Oc2cccn3ccnc23)c(F)c1. The van der Waals surface area contributed by atoms with E-state index in [1.54, 1.807) is 35.1 Å². The van der Waals surface area contributed by atoms with Crippen LogP contribution in [0.5, 0.6) is 11.5 Å². The normalized spacial score (nSPS) is 10.7. The maximum absolute atomic E-state index is 13.8. The Kier molecular flexibility index (Phi) is 2.79. The molecule has 3 aromatic rings. The van der Waals surface area contributed by atoms with E-state index in [0.717, 1.165) is 6.07 Å². The molecule has 0 spiro atoms. The van der Waals surface area contributed by atoms with Crippen LogP contribution in [-0.2, 0) is 0 Å². The Morgan fingerprint density at radius 2 is 2.10 bits per heavy atom. The van der Waals surface area contributed by atoms with Gasteiger partial charge in [-0.3, -0.25) is 10.1 Å². The van der Waals surface area contributed by atoms with E-state index in [4.69, 9.17) is 4.74 Å². The van der Waals surface area contributed by atoms with Gasteiger partial charge in [-0.1, -0.05) is 0 Å². The molecular formula is C13H8FN3O3. The largest absolute Gasteiger partial charge is 0.450 e. The highest BCUT2D eigenvalue weighted by atomic mass is 19.1. The fourth-order valence-corrected chi connectivity index (χ4v) is 1.81. The summed E-state index contributed by atoms with van der Waals surface area (Å²) in [6.45, 7) is 0. The van der Waals surface area contributed by atoms with E-state index in [0.29, 0.717) is 11.4 Å². The number of nitro groups is 1. The zero-order valence-electron chi connectivity index (χ0n) is 10.1. The molecule has 0 radical (unpaired) electrons. The van der Waals surface area contributed by atoms with Crippen molar-refractivity contribution in [3.8, 4) is 11.5 Å². The molecule has 0 aliphatic heterocycles. The van der Waals surface area contributed by atoms with Gasteiger partial charge in [0.15, 0.2) is 23.0 Å². The number of benzene rings is 1. The zero-order valence-corrected chi connectivity index (χ0v) is 10.1. The lowest BCUT2D eigenvalue weighted by molar-refractivity contribution is -0.385. The molecule has 100 valence electrons. The van der Waals surface area contributed by atoms with Gasteiger partial charge in [-0.15, -0.1) is 0 Å². The third-order valence-corrected chi connectivity index (χ3v) is 2.73. The van der Waals surface area contributed by atoms with Crippen LogP contribution < -0.4 is 4.74 Å². The molecule has 0 aliphatic rings. The second-order valence-corrected chi connectivity index (χ2v) is 4.00. The van der Waals surface area contributed by atoms with Crippen molar-refractivity contribution in [2.75, 3.05) is 0 Å². The Morgan fingerprint density at radius 1 is 1.25 bits per heavy atom. The third-order valence-electron chi connectivity index (χ3n) is 2.73. The fraction of sp³-hybridized carbons (Fsp3) is 0. The van der Waals surface area contributed by atoms with Gasteiger partial charge in [0, 0.05) is 24.7 Å². The second kappa shape index (κ2) is 4.61. The molecule has 0 bridgehead atoms. The smallest absolute Gasteiger partial charge is 0.272 e. The van der Waals surface area contributed by atoms with E-state index in [1.807, 2.05) is 0 Å². The van der Waals surface area contributed by atoms with Crippen molar-refractivity contribution in [1.82, 2.24) is 9.38 Å². The first kappa shape index (κ1) is 12.1. The minimum absolute atomic E-state index is 0.0910. The molecule has 0 unspecified atom stereocenters. The number of halogens is 1. The van der Waals surface area contributed by atoms with Gasteiger partial charge in [-0.25, -0.2) is 9.37 Å². The first-order chi connectivity index (χ1) is 9.65. The number of fused-ring (bicyclic) bond motifs is 1. The maximum Gasteiger partial charge on any atom is 0.272 e. The Morgan fingerprint density at radius 3 is 2.85 bits per heavy atom. The molecule has 1 aromatic carbocycles. The van der Waals surface area contributed by atoms with Crippen LogP contribution in [-0.4, -0.2) is 14.3 Å². The van der Waals surface area contributed by atoms with Crippen LogP contribution in [0.25, 0.3) is 5.65 Å². The molecule has 0 fully saturated rings. The highest BCUT2D eigenvalue weighted by molar-refractivity contribution is 5.55. The van der Waals surface area contributed by atoms with E-state index >= 15 is 0 Å². The molecule has 0 saturated heterocycles. The van der Waals surface area contributed by atoms with Crippen molar-refractivity contribution in [2.45, 2.75) is 0 Å². The number of ether oxygens (including phenoxy) is 1. The molecule has 20 heavy (non-hydrogen) atoms. The van der Waals surface area contributed by atoms with E-state index in [2.05, 4.69) is 4.98 Å². The molecule has 0 saturated carbocycles. The van der Waals surface area contributed by atoms with Gasteiger partial charge < -0.3 is 9.14 Å². The number of nitro benzene ring substituents is 1. The second-order valence-electron chi connectivity index (χ2n) is 4.00. The van der Waals surface area contributed by atoms with Crippen LogP contribution in [0.2, 0.25) is 0 Å². The number of nitrogens with zero attached hydrogens (tertiary/aromatic N) is 3. The molecule has 7 heteroatoms. The maximum atomic E-state index is 13.8. The Labute approximate surface area is 112 Å². The molecule has 2 aromatic heterocycles. The van der Waals surface area contributed by atoms with Gasteiger partial charge in [0.05, 0.1) is 11.0 Å². The summed E-state index contributed by atoms with van der Waals surface area (Å²) in [7, 11) is 0. The van der Waals surface area contributed by atoms with Crippen LogP contribution >= 0.6 is 0 Å². The highest BCUT2D eigenvalue weighted by Gasteiger charge is 2.13. The van der Waals surface area contributed by atoms with Gasteiger partial charge in [-0.05, 0) is 18.2 Å². The van der Waals surface area contributed by atoms with E-state index in [9.17, 15) is 14.5 Å². The van der Waals surface area contributed by atoms with Gasteiger partial charge in [0.1, 0.15) is 0 Å². The van der Waals surface area contributed by atoms with Gasteiger partial charge >= 0.3 is 0 Å². The minimum Gasteiger partial charge on any atom is -0.450 e. The lowest BCUT2D eigenvalue weighted by atomic mass is 10.3. The molecule has 2 heterocycles. The zero-order chi connectivity index (χ0) is 14.1. The number of hydrogen-bond donors (Lipinski definition) is 0. The number of imidazole rings is 1. The summed E-state index contributed by atoms with van der Waals surface area (Å²) in [6.07, 6.45) is 5.10. The van der Waals surface area contributed by atoms with Crippen molar-refractivity contribution in [2.24, 2.45) is 0 Å². The van der Waals surface area contributed by atoms with Crippen LogP contribution in [0.15, 0.2) is 48.9 Å². The van der Waals surface area contributed by atoms with Crippen molar-refractivity contribution < 1.29 is 14.1 Å². The van der Waals surface area contributed by atoms with Crippen LogP contribution in [0.1, 0.15) is 0 Å². The lowest BCUT2D eigenvalue weighted by Crippen LogP contribution is -1.94. The van der Waals surface area contributed by atoms with Crippen molar-refractivity contribution in [1.29, 1.82) is 0 Å². The quantitative estimate of drug-likeness (QED) is 0.543. The monoisotopic (exact) mass is 273 g/mol. The van der Waals surface area contributed by atoms with E-state index in [-0.39, 0.29) is 11.4 Å². The highest BCUT2D eigenvalue weighted by Crippen LogP contribution is 2.29. The van der Waals surface area contributed by atoms with Crippen molar-refractivity contribution >= 4 is 11.3 Å². The minimum atomic E-state index is -0.798. The van der Waals surface area contributed by atoms with Gasteiger partial charge in [-0.2, -0.15) is 0 Å². The standard InChI is InChI=1S/C13H8FN3O3/c14-10-8-9(17(18)19)3-4-11(10)20-12-2-1-6-16-7-5-15-13(12)16/h1-8H. The summed E-state index contributed by atoms with van der Waals surface area (Å²) >= 11 is 0. The molecule has 0 amide bonds. The van der Waals surface area contributed by atoms with Crippen LogP contribution in [0, 0.1) is 15.9 Å². The lowest BCUT2D eigenvalue weighted by Gasteiger charge is -2.07. The van der Waals surface area contributed by atoms with E-state index < -0.39 is 10.7 Å². The number of pyridine rings is 1. The predicted octanol–water partition coefficient (Wildman–Crippen LogP) is 3.17. The molecule has 0 atom stereocenters. The summed E-state index contributed by atoms with van der Waals surface area (Å²) in [5.41, 5.74) is 0.208. The Balaban J connectivity index is 1.99. The summed E-state index contributed by atoms with van der Waals surface area (Å²) < 4.78 is 20.9. The number of rotatable bonds is 3. The number of non-ortho nitro benzene ring substituents is 1. The number of hydrogen-bond acceptors (Lipinski definition) is 4. The molecule has 3 rings (SSSR count).